The van der Waals surface area contributed by atoms with E-state index in [0.717, 1.165) is 65.3 Å². The molecule has 4 aromatic rings. The second-order valence-corrected chi connectivity index (χ2v) is 9.07. The van der Waals surface area contributed by atoms with Crippen molar-refractivity contribution in [1.82, 2.24) is 4.98 Å². The van der Waals surface area contributed by atoms with Gasteiger partial charge in [0.15, 0.2) is 0 Å². The third-order valence-corrected chi connectivity index (χ3v) is 6.50. The number of fused-ring (bicyclic) bond motifs is 1. The fourth-order valence-electron chi connectivity index (χ4n) is 4.77. The molecular weight excluding hydrogens is 436 g/mol. The van der Waals surface area contributed by atoms with E-state index in [0.29, 0.717) is 5.56 Å². The van der Waals surface area contributed by atoms with E-state index in [-0.39, 0.29) is 5.91 Å². The van der Waals surface area contributed by atoms with Gasteiger partial charge in [-0.15, -0.1) is 0 Å². The summed E-state index contributed by atoms with van der Waals surface area (Å²) in [4.78, 5) is 22.5. The average molecular weight is 467 g/mol. The second kappa shape index (κ2) is 9.66. The monoisotopic (exact) mass is 466 g/mol. The van der Waals surface area contributed by atoms with E-state index >= 15 is 0 Å². The van der Waals surface area contributed by atoms with Crippen LogP contribution in [0.4, 0.5) is 17.2 Å². The van der Waals surface area contributed by atoms with Gasteiger partial charge in [0.25, 0.3) is 5.91 Å². The summed E-state index contributed by atoms with van der Waals surface area (Å²) >= 11 is 0. The smallest absolute Gasteiger partial charge is 0.255 e. The first-order chi connectivity index (χ1) is 17.0. The Hall–Kier alpha value is -4.06. The zero-order valence-corrected chi connectivity index (χ0v) is 20.4. The van der Waals surface area contributed by atoms with E-state index in [4.69, 9.17) is 9.72 Å². The normalized spacial score (nSPS) is 13.7. The molecule has 0 bridgehead atoms. The van der Waals surface area contributed by atoms with Gasteiger partial charge in [-0.2, -0.15) is 0 Å². The number of nitrogens with zero attached hydrogens (tertiary/aromatic N) is 3. The number of anilines is 3. The molecule has 6 nitrogen and oxygen atoms in total. The summed E-state index contributed by atoms with van der Waals surface area (Å²) in [6.45, 7) is 7.58. The van der Waals surface area contributed by atoms with E-state index in [1.165, 1.54) is 5.69 Å². The molecule has 1 aliphatic heterocycles. The van der Waals surface area contributed by atoms with Crippen LogP contribution in [0.25, 0.3) is 10.8 Å². The third-order valence-electron chi connectivity index (χ3n) is 6.50. The van der Waals surface area contributed by atoms with Crippen molar-refractivity contribution < 1.29 is 9.53 Å². The Bertz CT molecular complexity index is 1340. The van der Waals surface area contributed by atoms with Crippen LogP contribution < -0.4 is 19.9 Å². The fourth-order valence-corrected chi connectivity index (χ4v) is 4.77. The zero-order valence-electron chi connectivity index (χ0n) is 20.4. The number of pyridine rings is 1. The van der Waals surface area contributed by atoms with Crippen molar-refractivity contribution in [2.75, 3.05) is 48.4 Å². The molecule has 2 heterocycles. The molecule has 1 fully saturated rings. The van der Waals surface area contributed by atoms with E-state index in [1.807, 2.05) is 68.6 Å². The number of carbonyl (C=O) groups is 1. The predicted octanol–water partition coefficient (Wildman–Crippen LogP) is 5.44. The average Bonchev–Trinajstić information content (AvgIpc) is 2.87. The van der Waals surface area contributed by atoms with Gasteiger partial charge in [0.05, 0.1) is 7.11 Å². The molecule has 1 amide bonds. The maximum Gasteiger partial charge on any atom is 0.255 e. The number of carbonyl (C=O) groups excluding carboxylic acids is 1. The Morgan fingerprint density at radius 2 is 1.54 bits per heavy atom. The first-order valence-electron chi connectivity index (χ1n) is 11.9. The molecule has 6 heteroatoms. The van der Waals surface area contributed by atoms with E-state index in [2.05, 4.69) is 33.3 Å². The number of hydrogen-bond donors (Lipinski definition) is 1. The molecule has 0 unspecified atom stereocenters. The van der Waals surface area contributed by atoms with Gasteiger partial charge in [0.1, 0.15) is 11.6 Å². The molecule has 35 heavy (non-hydrogen) atoms. The number of methoxy groups -OCH3 is 1. The highest BCUT2D eigenvalue weighted by Crippen LogP contribution is 2.28. The fraction of sp³-hybridized carbons (Fsp3) is 0.241. The maximum absolute atomic E-state index is 13.1. The number of amides is 1. The van der Waals surface area contributed by atoms with Crippen molar-refractivity contribution in [3.05, 3.63) is 89.6 Å². The number of piperazine rings is 1. The minimum absolute atomic E-state index is 0.115. The molecule has 1 aliphatic rings. The quantitative estimate of drug-likeness (QED) is 0.425. The number of aromatic nitrogens is 1. The number of hydrogen-bond acceptors (Lipinski definition) is 5. The molecule has 0 aliphatic carbocycles. The molecule has 0 saturated carbocycles. The minimum atomic E-state index is -0.115. The Labute approximate surface area is 206 Å². The summed E-state index contributed by atoms with van der Waals surface area (Å²) in [5.74, 6) is 1.68. The first kappa shape index (κ1) is 22.7. The Morgan fingerprint density at radius 3 is 2.23 bits per heavy atom. The van der Waals surface area contributed by atoms with Gasteiger partial charge in [-0.3, -0.25) is 4.79 Å². The van der Waals surface area contributed by atoms with Gasteiger partial charge in [0.2, 0.25) is 0 Å². The summed E-state index contributed by atoms with van der Waals surface area (Å²) < 4.78 is 5.28. The lowest BCUT2D eigenvalue weighted by atomic mass is 10.1. The van der Waals surface area contributed by atoms with Crippen LogP contribution in [0.15, 0.2) is 72.9 Å². The summed E-state index contributed by atoms with van der Waals surface area (Å²) in [6, 6.07) is 22.1. The molecule has 1 saturated heterocycles. The molecule has 0 atom stereocenters. The number of aryl methyl sites for hydroxylation is 2. The van der Waals surface area contributed by atoms with Gasteiger partial charge < -0.3 is 19.9 Å². The lowest BCUT2D eigenvalue weighted by Gasteiger charge is -2.37. The number of ether oxygens (including phenoxy) is 1. The van der Waals surface area contributed by atoms with Crippen LogP contribution in [0.3, 0.4) is 0 Å². The molecule has 5 rings (SSSR count). The highest BCUT2D eigenvalue weighted by Gasteiger charge is 2.20. The lowest BCUT2D eigenvalue weighted by molar-refractivity contribution is 0.102. The highest BCUT2D eigenvalue weighted by molar-refractivity contribution is 6.07. The molecule has 178 valence electrons. The molecule has 3 aromatic carbocycles. The third kappa shape index (κ3) is 4.92. The van der Waals surface area contributed by atoms with Crippen LogP contribution in [-0.4, -0.2) is 44.2 Å². The molecule has 0 spiro atoms. The van der Waals surface area contributed by atoms with Crippen LogP contribution in [0, 0.1) is 13.8 Å². The second-order valence-electron chi connectivity index (χ2n) is 9.07. The van der Waals surface area contributed by atoms with Crippen molar-refractivity contribution in [2.24, 2.45) is 0 Å². The molecule has 1 N–H and O–H groups in total. The molecule has 1 aromatic heterocycles. The van der Waals surface area contributed by atoms with Gasteiger partial charge in [-0.1, -0.05) is 12.1 Å². The Kier molecular flexibility index (Phi) is 6.27. The van der Waals surface area contributed by atoms with Gasteiger partial charge in [-0.25, -0.2) is 4.98 Å². The SMILES string of the molecule is COc1ccc(N2CCN(c3nccc4ccc(C(=O)Nc5cc(C)cc(C)c5)cc34)CC2)cc1. The van der Waals surface area contributed by atoms with Crippen LogP contribution in [0.1, 0.15) is 21.5 Å². The standard InChI is InChI=1S/C29H30N4O2/c1-20-16-21(2)18-24(17-20)31-29(34)23-5-4-22-10-11-30-28(27(22)19-23)33-14-12-32(13-15-33)25-6-8-26(35-3)9-7-25/h4-11,16-19H,12-15H2,1-3H3,(H,31,34). The van der Waals surface area contributed by atoms with Crippen LogP contribution in [0.5, 0.6) is 5.75 Å². The van der Waals surface area contributed by atoms with Crippen LogP contribution in [0.2, 0.25) is 0 Å². The van der Waals surface area contributed by atoms with Gasteiger partial charge in [0, 0.05) is 54.7 Å². The van der Waals surface area contributed by atoms with E-state index < -0.39 is 0 Å². The van der Waals surface area contributed by atoms with Crippen LogP contribution in [-0.2, 0) is 0 Å². The van der Waals surface area contributed by atoms with Crippen LogP contribution >= 0.6 is 0 Å². The zero-order chi connectivity index (χ0) is 24.4. The highest BCUT2D eigenvalue weighted by atomic mass is 16.5. The van der Waals surface area contributed by atoms with Crippen molar-refractivity contribution in [2.45, 2.75) is 13.8 Å². The summed E-state index contributed by atoms with van der Waals surface area (Å²) in [6.07, 6.45) is 1.85. The number of nitrogens with one attached hydrogen (secondary N) is 1. The summed E-state index contributed by atoms with van der Waals surface area (Å²) in [5, 5.41) is 5.12. The Morgan fingerprint density at radius 1 is 0.857 bits per heavy atom. The van der Waals surface area contributed by atoms with Gasteiger partial charge in [-0.05, 0) is 85.0 Å². The Balaban J connectivity index is 1.35. The first-order valence-corrected chi connectivity index (χ1v) is 11.9. The predicted molar refractivity (Wildman–Crippen MR) is 143 cm³/mol. The van der Waals surface area contributed by atoms with Crippen molar-refractivity contribution in [3.63, 3.8) is 0 Å². The number of rotatable bonds is 5. The number of benzene rings is 3. The lowest BCUT2D eigenvalue weighted by Crippen LogP contribution is -2.46. The van der Waals surface area contributed by atoms with Crippen molar-refractivity contribution in [3.8, 4) is 5.75 Å². The summed E-state index contributed by atoms with van der Waals surface area (Å²) in [7, 11) is 1.68. The summed E-state index contributed by atoms with van der Waals surface area (Å²) in [5.41, 5.74) is 4.89. The topological polar surface area (TPSA) is 57.7 Å². The van der Waals surface area contributed by atoms with E-state index in [9.17, 15) is 4.79 Å². The minimum Gasteiger partial charge on any atom is -0.497 e. The van der Waals surface area contributed by atoms with Crippen molar-refractivity contribution in [1.29, 1.82) is 0 Å². The molecular formula is C29H30N4O2. The molecule has 0 radical (unpaired) electrons. The largest absolute Gasteiger partial charge is 0.497 e. The van der Waals surface area contributed by atoms with E-state index in [1.54, 1.807) is 7.11 Å². The van der Waals surface area contributed by atoms with Gasteiger partial charge >= 0.3 is 0 Å². The van der Waals surface area contributed by atoms with Crippen molar-refractivity contribution >= 4 is 33.9 Å². The maximum atomic E-state index is 13.1.